The van der Waals surface area contributed by atoms with Crippen LogP contribution in [-0.2, 0) is 11.3 Å². The third-order valence-corrected chi connectivity index (χ3v) is 4.20. The minimum Gasteiger partial charge on any atom is -0.494 e. The molecule has 0 aromatic heterocycles. The zero-order valence-corrected chi connectivity index (χ0v) is 14.0. The highest BCUT2D eigenvalue weighted by Gasteiger charge is 2.34. The lowest BCUT2D eigenvalue weighted by Crippen LogP contribution is -2.40. The van der Waals surface area contributed by atoms with E-state index in [2.05, 4.69) is 11.4 Å². The number of ether oxygens (including phenoxy) is 1. The molecule has 5 heteroatoms. The Bertz CT molecular complexity index is 533. The Kier molecular flexibility index (Phi) is 8.14. The van der Waals surface area contributed by atoms with Crippen LogP contribution in [0.25, 0.3) is 0 Å². The molecule has 0 atom stereocenters. The van der Waals surface area contributed by atoms with Gasteiger partial charge < -0.3 is 15.2 Å². The van der Waals surface area contributed by atoms with E-state index < -0.39 is 11.4 Å². The molecule has 0 heterocycles. The Morgan fingerprint density at radius 3 is 2.74 bits per heavy atom. The molecule has 0 aliphatic rings. The zero-order valence-electron chi connectivity index (χ0n) is 14.0. The first kappa shape index (κ1) is 19.0. The maximum absolute atomic E-state index is 11.5. The fourth-order valence-corrected chi connectivity index (χ4v) is 2.41. The summed E-state index contributed by atoms with van der Waals surface area (Å²) in [5.41, 5.74) is 0.347. The van der Waals surface area contributed by atoms with Gasteiger partial charge in [-0.2, -0.15) is 5.26 Å². The summed E-state index contributed by atoms with van der Waals surface area (Å²) in [6.07, 6.45) is 2.42. The number of nitrogens with zero attached hydrogens (tertiary/aromatic N) is 1. The lowest BCUT2D eigenvalue weighted by atomic mass is 9.82. The van der Waals surface area contributed by atoms with Gasteiger partial charge in [0.2, 0.25) is 0 Å². The molecule has 0 unspecified atom stereocenters. The molecule has 23 heavy (non-hydrogen) atoms. The standard InChI is InChI=1S/C18H26N2O3/c1-3-18(4-2,17(21)22)14-20-13-15-8-7-9-16(12-15)23-11-6-5-10-19/h7-9,12,20H,3-6,11,13-14H2,1-2H3,(H,21,22). The summed E-state index contributed by atoms with van der Waals surface area (Å²) in [7, 11) is 0. The Morgan fingerprint density at radius 1 is 1.39 bits per heavy atom. The van der Waals surface area contributed by atoms with Crippen molar-refractivity contribution in [3.05, 3.63) is 29.8 Å². The minimum atomic E-state index is -0.746. The van der Waals surface area contributed by atoms with E-state index in [0.29, 0.717) is 45.4 Å². The molecule has 0 bridgehead atoms. The number of rotatable bonds is 11. The Hall–Kier alpha value is -2.06. The van der Waals surface area contributed by atoms with E-state index in [0.717, 1.165) is 11.3 Å². The highest BCUT2D eigenvalue weighted by molar-refractivity contribution is 5.74. The van der Waals surface area contributed by atoms with Gasteiger partial charge in [-0.05, 0) is 37.0 Å². The van der Waals surface area contributed by atoms with Crippen molar-refractivity contribution < 1.29 is 14.6 Å². The van der Waals surface area contributed by atoms with Gasteiger partial charge in [0.05, 0.1) is 18.1 Å². The van der Waals surface area contributed by atoms with E-state index >= 15 is 0 Å². The van der Waals surface area contributed by atoms with Crippen LogP contribution in [0.3, 0.4) is 0 Å². The predicted octanol–water partition coefficient (Wildman–Crippen LogP) is 3.35. The molecule has 5 nitrogen and oxygen atoms in total. The molecule has 126 valence electrons. The van der Waals surface area contributed by atoms with Gasteiger partial charge in [-0.3, -0.25) is 4.79 Å². The highest BCUT2D eigenvalue weighted by atomic mass is 16.5. The fourth-order valence-electron chi connectivity index (χ4n) is 2.41. The van der Waals surface area contributed by atoms with Gasteiger partial charge in [0, 0.05) is 19.5 Å². The molecule has 0 saturated heterocycles. The lowest BCUT2D eigenvalue weighted by molar-refractivity contribution is -0.149. The van der Waals surface area contributed by atoms with Crippen LogP contribution in [-0.4, -0.2) is 24.2 Å². The van der Waals surface area contributed by atoms with Gasteiger partial charge in [0.15, 0.2) is 0 Å². The van der Waals surface area contributed by atoms with Crippen LogP contribution < -0.4 is 10.1 Å². The highest BCUT2D eigenvalue weighted by Crippen LogP contribution is 2.26. The topological polar surface area (TPSA) is 82.3 Å². The minimum absolute atomic E-state index is 0.447. The molecule has 0 fully saturated rings. The lowest BCUT2D eigenvalue weighted by Gasteiger charge is -2.27. The van der Waals surface area contributed by atoms with Crippen LogP contribution >= 0.6 is 0 Å². The van der Waals surface area contributed by atoms with Crippen molar-refractivity contribution in [1.82, 2.24) is 5.32 Å². The van der Waals surface area contributed by atoms with E-state index in [1.807, 2.05) is 38.1 Å². The van der Waals surface area contributed by atoms with Crippen molar-refractivity contribution >= 4 is 5.97 Å². The molecule has 0 spiro atoms. The largest absolute Gasteiger partial charge is 0.494 e. The van der Waals surface area contributed by atoms with Gasteiger partial charge in [-0.1, -0.05) is 26.0 Å². The van der Waals surface area contributed by atoms with Crippen LogP contribution in [0.5, 0.6) is 5.75 Å². The SMILES string of the molecule is CCC(CC)(CNCc1cccc(OCCCC#N)c1)C(=O)O. The second-order valence-electron chi connectivity index (χ2n) is 5.65. The first-order chi connectivity index (χ1) is 11.1. The fraction of sp³-hybridized carbons (Fsp3) is 0.556. The number of unbranched alkanes of at least 4 members (excludes halogenated alkanes) is 1. The molecular formula is C18H26N2O3. The number of nitriles is 1. The molecule has 0 aliphatic carbocycles. The second-order valence-corrected chi connectivity index (χ2v) is 5.65. The predicted molar refractivity (Wildman–Crippen MR) is 89.1 cm³/mol. The normalized spacial score (nSPS) is 11.0. The maximum atomic E-state index is 11.5. The summed E-state index contributed by atoms with van der Waals surface area (Å²) in [6, 6.07) is 9.82. The van der Waals surface area contributed by atoms with E-state index in [1.165, 1.54) is 0 Å². The van der Waals surface area contributed by atoms with Gasteiger partial charge in [0.1, 0.15) is 5.75 Å². The third kappa shape index (κ3) is 5.91. The number of hydrogen-bond acceptors (Lipinski definition) is 4. The molecular weight excluding hydrogens is 292 g/mol. The Balaban J connectivity index is 2.51. The second kappa shape index (κ2) is 9.86. The molecule has 1 rings (SSSR count). The third-order valence-electron chi connectivity index (χ3n) is 4.20. The summed E-state index contributed by atoms with van der Waals surface area (Å²) >= 11 is 0. The number of carboxylic acid groups (broad SMARTS) is 1. The van der Waals surface area contributed by atoms with Crippen molar-refractivity contribution in [3.63, 3.8) is 0 Å². The van der Waals surface area contributed by atoms with Gasteiger partial charge >= 0.3 is 5.97 Å². The number of aliphatic carboxylic acids is 1. The van der Waals surface area contributed by atoms with Crippen molar-refractivity contribution in [2.24, 2.45) is 5.41 Å². The first-order valence-electron chi connectivity index (χ1n) is 8.10. The van der Waals surface area contributed by atoms with Crippen molar-refractivity contribution in [2.45, 2.75) is 46.1 Å². The van der Waals surface area contributed by atoms with Crippen LogP contribution in [0.2, 0.25) is 0 Å². The summed E-state index contributed by atoms with van der Waals surface area (Å²) in [6.45, 7) is 5.40. The number of carboxylic acids is 1. The average molecular weight is 318 g/mol. The van der Waals surface area contributed by atoms with Gasteiger partial charge in [-0.25, -0.2) is 0 Å². The summed E-state index contributed by atoms with van der Waals surface area (Å²) < 4.78 is 5.60. The zero-order chi connectivity index (χ0) is 17.1. The van der Waals surface area contributed by atoms with E-state index in [9.17, 15) is 9.90 Å². The Labute approximate surface area is 138 Å². The van der Waals surface area contributed by atoms with E-state index in [-0.39, 0.29) is 0 Å². The van der Waals surface area contributed by atoms with Gasteiger partial charge in [0.25, 0.3) is 0 Å². The molecule has 2 N–H and O–H groups in total. The molecule has 1 aromatic rings. The van der Waals surface area contributed by atoms with Crippen LogP contribution in [0, 0.1) is 16.7 Å². The van der Waals surface area contributed by atoms with Crippen molar-refractivity contribution in [1.29, 1.82) is 5.26 Å². The average Bonchev–Trinajstić information content (AvgIpc) is 2.56. The van der Waals surface area contributed by atoms with Gasteiger partial charge in [-0.15, -0.1) is 0 Å². The monoisotopic (exact) mass is 318 g/mol. The number of hydrogen-bond donors (Lipinski definition) is 2. The van der Waals surface area contributed by atoms with Crippen molar-refractivity contribution in [3.8, 4) is 11.8 Å². The molecule has 0 saturated carbocycles. The van der Waals surface area contributed by atoms with E-state index in [1.54, 1.807) is 0 Å². The summed E-state index contributed by atoms with van der Waals surface area (Å²) in [5.74, 6) is 0.0299. The summed E-state index contributed by atoms with van der Waals surface area (Å²) in [5, 5.41) is 21.2. The maximum Gasteiger partial charge on any atom is 0.310 e. The smallest absolute Gasteiger partial charge is 0.310 e. The first-order valence-corrected chi connectivity index (χ1v) is 8.10. The summed E-state index contributed by atoms with van der Waals surface area (Å²) in [4.78, 5) is 11.5. The van der Waals surface area contributed by atoms with Crippen LogP contribution in [0.4, 0.5) is 0 Å². The van der Waals surface area contributed by atoms with Crippen LogP contribution in [0.1, 0.15) is 45.1 Å². The van der Waals surface area contributed by atoms with Crippen molar-refractivity contribution in [2.75, 3.05) is 13.2 Å². The molecule has 0 radical (unpaired) electrons. The molecule has 0 amide bonds. The van der Waals surface area contributed by atoms with E-state index in [4.69, 9.17) is 10.00 Å². The number of nitrogens with one attached hydrogen (secondary N) is 1. The Morgan fingerprint density at radius 2 is 2.13 bits per heavy atom. The molecule has 0 aliphatic heterocycles. The number of benzene rings is 1. The molecule has 1 aromatic carbocycles. The van der Waals surface area contributed by atoms with Crippen LogP contribution in [0.15, 0.2) is 24.3 Å². The number of carbonyl (C=O) groups is 1. The quantitative estimate of drug-likeness (QED) is 0.611.